The number of Topliss-reactive ketones (excluding diaryl/α,β-unsaturated/α-hetero) is 1. The van der Waals surface area contributed by atoms with E-state index in [1.54, 1.807) is 24.3 Å². The van der Waals surface area contributed by atoms with E-state index in [-0.39, 0.29) is 24.0 Å². The zero-order chi connectivity index (χ0) is 27.9. The number of likely N-dealkylation sites (tertiary alicyclic amines) is 1. The van der Waals surface area contributed by atoms with Gasteiger partial charge in [-0.15, -0.1) is 0 Å². The number of aliphatic hydroxyl groups is 1. The summed E-state index contributed by atoms with van der Waals surface area (Å²) in [6.45, 7) is 4.05. The van der Waals surface area contributed by atoms with E-state index in [9.17, 15) is 14.7 Å². The maximum atomic E-state index is 13.4. The number of hydrogen-bond acceptors (Lipinski definition) is 6. The van der Waals surface area contributed by atoms with Crippen molar-refractivity contribution in [2.24, 2.45) is 0 Å². The molecule has 0 aliphatic carbocycles. The molecule has 3 aromatic rings. The average molecular weight is 542 g/mol. The number of carbonyl (C=O) groups is 2. The molecule has 2 aliphatic rings. The maximum Gasteiger partial charge on any atom is 0.295 e. The zero-order valence-corrected chi connectivity index (χ0v) is 22.8. The first kappa shape index (κ1) is 27.5. The van der Waals surface area contributed by atoms with Crippen LogP contribution in [-0.2, 0) is 20.9 Å². The molecule has 0 aromatic heterocycles. The van der Waals surface area contributed by atoms with Gasteiger partial charge in [-0.1, -0.05) is 55.8 Å². The molecular formula is C33H35NO6. The second-order valence-electron chi connectivity index (χ2n) is 10.2. The van der Waals surface area contributed by atoms with E-state index >= 15 is 0 Å². The summed E-state index contributed by atoms with van der Waals surface area (Å²) in [6, 6.07) is 23.4. The van der Waals surface area contributed by atoms with E-state index in [0.29, 0.717) is 42.4 Å². The van der Waals surface area contributed by atoms with E-state index in [1.807, 2.05) is 54.6 Å². The van der Waals surface area contributed by atoms with Gasteiger partial charge in [0.05, 0.1) is 24.3 Å². The van der Waals surface area contributed by atoms with Crippen LogP contribution in [0.4, 0.5) is 0 Å². The molecular weight excluding hydrogens is 506 g/mol. The van der Waals surface area contributed by atoms with Gasteiger partial charge in [-0.3, -0.25) is 9.59 Å². The minimum absolute atomic E-state index is 0.0700. The van der Waals surface area contributed by atoms with Gasteiger partial charge in [0.1, 0.15) is 23.9 Å². The van der Waals surface area contributed by atoms with Crippen LogP contribution in [0, 0.1) is 0 Å². The molecule has 5 rings (SSSR count). The predicted octanol–water partition coefficient (Wildman–Crippen LogP) is 6.05. The van der Waals surface area contributed by atoms with E-state index in [2.05, 4.69) is 6.92 Å². The second-order valence-corrected chi connectivity index (χ2v) is 10.2. The standard InChI is InChI=1S/C33H35NO6/c1-2-3-19-38-26-17-13-25(14-18-26)31(35)29-30(34(33(37)32(29)36)21-28-10-7-20-39-28)24-11-15-27(16-12-24)40-22-23-8-5-4-6-9-23/h4-6,8-9,11-18,28,30,35H,2-3,7,10,19-22H2,1H3/b31-29+. The lowest BCUT2D eigenvalue weighted by Crippen LogP contribution is -2.36. The molecule has 0 saturated carbocycles. The smallest absolute Gasteiger partial charge is 0.295 e. The van der Waals surface area contributed by atoms with Crippen LogP contribution in [-0.4, -0.2) is 47.6 Å². The van der Waals surface area contributed by atoms with Crippen molar-refractivity contribution in [1.82, 2.24) is 4.90 Å². The number of aliphatic hydroxyl groups excluding tert-OH is 1. The van der Waals surface area contributed by atoms with Crippen LogP contribution in [0.25, 0.3) is 5.76 Å². The largest absolute Gasteiger partial charge is 0.507 e. The number of benzene rings is 3. The van der Waals surface area contributed by atoms with Crippen molar-refractivity contribution in [3.8, 4) is 11.5 Å². The minimum Gasteiger partial charge on any atom is -0.507 e. The van der Waals surface area contributed by atoms with Gasteiger partial charge in [-0.2, -0.15) is 0 Å². The summed E-state index contributed by atoms with van der Waals surface area (Å²) in [4.78, 5) is 28.2. The van der Waals surface area contributed by atoms with Crippen LogP contribution in [0.3, 0.4) is 0 Å². The summed E-state index contributed by atoms with van der Waals surface area (Å²) in [5.41, 5.74) is 2.29. The number of unbranched alkanes of at least 4 members (excludes halogenated alkanes) is 1. The Morgan fingerprint density at radius 3 is 2.33 bits per heavy atom. The first-order valence-electron chi connectivity index (χ1n) is 13.9. The highest BCUT2D eigenvalue weighted by molar-refractivity contribution is 6.46. The van der Waals surface area contributed by atoms with Crippen molar-refractivity contribution < 1.29 is 28.9 Å². The molecule has 1 N–H and O–H groups in total. The van der Waals surface area contributed by atoms with E-state index in [0.717, 1.165) is 31.2 Å². The summed E-state index contributed by atoms with van der Waals surface area (Å²) in [6.07, 6.45) is 3.58. The summed E-state index contributed by atoms with van der Waals surface area (Å²) in [5, 5.41) is 11.4. The Kier molecular flexibility index (Phi) is 8.81. The van der Waals surface area contributed by atoms with Gasteiger partial charge in [-0.25, -0.2) is 0 Å². The van der Waals surface area contributed by atoms with Crippen molar-refractivity contribution >= 4 is 17.4 Å². The van der Waals surface area contributed by atoms with E-state index in [4.69, 9.17) is 14.2 Å². The number of hydrogen-bond donors (Lipinski definition) is 1. The maximum absolute atomic E-state index is 13.4. The number of ether oxygens (including phenoxy) is 3. The second kappa shape index (κ2) is 12.8. The van der Waals surface area contributed by atoms with Crippen LogP contribution >= 0.6 is 0 Å². The average Bonchev–Trinajstić information content (AvgIpc) is 3.59. The van der Waals surface area contributed by atoms with Gasteiger partial charge < -0.3 is 24.2 Å². The van der Waals surface area contributed by atoms with Crippen LogP contribution < -0.4 is 9.47 Å². The molecule has 7 heteroatoms. The molecule has 2 heterocycles. The van der Waals surface area contributed by atoms with Gasteiger partial charge in [0.25, 0.3) is 11.7 Å². The Morgan fingerprint density at radius 2 is 1.65 bits per heavy atom. The fourth-order valence-corrected chi connectivity index (χ4v) is 5.11. The lowest BCUT2D eigenvalue weighted by atomic mass is 9.95. The third kappa shape index (κ3) is 6.20. The first-order valence-corrected chi connectivity index (χ1v) is 13.9. The highest BCUT2D eigenvalue weighted by Crippen LogP contribution is 2.40. The lowest BCUT2D eigenvalue weighted by molar-refractivity contribution is -0.140. The fourth-order valence-electron chi connectivity index (χ4n) is 5.11. The third-order valence-electron chi connectivity index (χ3n) is 7.30. The molecule has 0 bridgehead atoms. The monoisotopic (exact) mass is 541 g/mol. The Hall–Kier alpha value is -4.10. The summed E-state index contributed by atoms with van der Waals surface area (Å²) in [5.74, 6) is -0.185. The molecule has 2 saturated heterocycles. The summed E-state index contributed by atoms with van der Waals surface area (Å²) < 4.78 is 17.5. The Balaban J connectivity index is 1.43. The Bertz CT molecular complexity index is 1330. The number of carbonyl (C=O) groups excluding carboxylic acids is 2. The normalized spacial score (nSPS) is 20.2. The molecule has 3 aromatic carbocycles. The molecule has 2 atom stereocenters. The number of rotatable bonds is 11. The molecule has 2 fully saturated rings. The summed E-state index contributed by atoms with van der Waals surface area (Å²) >= 11 is 0. The Labute approximate surface area is 235 Å². The molecule has 1 amide bonds. The van der Waals surface area contributed by atoms with Crippen LogP contribution in [0.1, 0.15) is 55.3 Å². The van der Waals surface area contributed by atoms with E-state index < -0.39 is 17.7 Å². The molecule has 2 unspecified atom stereocenters. The molecule has 0 spiro atoms. The fraction of sp³-hybridized carbons (Fsp3) is 0.333. The molecule has 2 aliphatic heterocycles. The lowest BCUT2D eigenvalue weighted by Gasteiger charge is -2.27. The van der Waals surface area contributed by atoms with Gasteiger partial charge in [0.2, 0.25) is 0 Å². The van der Waals surface area contributed by atoms with Gasteiger partial charge in [0.15, 0.2) is 0 Å². The third-order valence-corrected chi connectivity index (χ3v) is 7.30. The number of amides is 1. The first-order chi connectivity index (χ1) is 19.5. The van der Waals surface area contributed by atoms with Crippen molar-refractivity contribution in [3.63, 3.8) is 0 Å². The van der Waals surface area contributed by atoms with Crippen molar-refractivity contribution in [1.29, 1.82) is 0 Å². The van der Waals surface area contributed by atoms with Gasteiger partial charge in [0, 0.05) is 18.7 Å². The van der Waals surface area contributed by atoms with E-state index in [1.165, 1.54) is 4.90 Å². The SMILES string of the molecule is CCCCOc1ccc(/C(O)=C2\C(=O)C(=O)N(CC3CCCO3)C2c2ccc(OCc3ccccc3)cc2)cc1. The molecule has 0 radical (unpaired) electrons. The number of ketones is 1. The van der Waals surface area contributed by atoms with Crippen molar-refractivity contribution in [2.75, 3.05) is 19.8 Å². The molecule has 208 valence electrons. The Morgan fingerprint density at radius 1 is 0.950 bits per heavy atom. The van der Waals surface area contributed by atoms with Gasteiger partial charge in [-0.05, 0) is 66.8 Å². The topological polar surface area (TPSA) is 85.3 Å². The minimum atomic E-state index is -0.743. The highest BCUT2D eigenvalue weighted by atomic mass is 16.5. The van der Waals surface area contributed by atoms with Crippen molar-refractivity contribution in [3.05, 3.63) is 101 Å². The van der Waals surface area contributed by atoms with Gasteiger partial charge >= 0.3 is 0 Å². The predicted molar refractivity (Wildman–Crippen MR) is 152 cm³/mol. The highest BCUT2D eigenvalue weighted by Gasteiger charge is 2.47. The van der Waals surface area contributed by atoms with Crippen LogP contribution in [0.5, 0.6) is 11.5 Å². The van der Waals surface area contributed by atoms with Crippen LogP contribution in [0.15, 0.2) is 84.4 Å². The molecule has 40 heavy (non-hydrogen) atoms. The quantitative estimate of drug-likeness (QED) is 0.138. The molecule has 7 nitrogen and oxygen atoms in total. The van der Waals surface area contributed by atoms with Crippen molar-refractivity contribution in [2.45, 2.75) is 51.4 Å². The number of nitrogens with zero attached hydrogens (tertiary/aromatic N) is 1. The summed E-state index contributed by atoms with van der Waals surface area (Å²) in [7, 11) is 0. The zero-order valence-electron chi connectivity index (χ0n) is 22.8. The van der Waals surface area contributed by atoms with Crippen LogP contribution in [0.2, 0.25) is 0 Å².